The van der Waals surface area contributed by atoms with Gasteiger partial charge in [-0.1, -0.05) is 31.2 Å². The topological polar surface area (TPSA) is 109 Å². The average Bonchev–Trinajstić information content (AvgIpc) is 2.72. The number of carbonyl (C=O) groups is 3. The third-order valence-corrected chi connectivity index (χ3v) is 3.97. The van der Waals surface area contributed by atoms with E-state index in [1.54, 1.807) is 43.3 Å². The number of para-hydroxylation sites is 2. The molecule has 2 rings (SSSR count). The molecule has 3 amide bonds. The van der Waals surface area contributed by atoms with Gasteiger partial charge < -0.3 is 15.4 Å². The number of nitrogens with zero attached hydrogens (tertiary/aromatic N) is 1. The molecule has 0 saturated heterocycles. The van der Waals surface area contributed by atoms with Crippen molar-refractivity contribution in [1.82, 2.24) is 5.43 Å². The van der Waals surface area contributed by atoms with Crippen molar-refractivity contribution in [1.29, 1.82) is 0 Å². The van der Waals surface area contributed by atoms with Gasteiger partial charge in [0.1, 0.15) is 5.75 Å². The highest BCUT2D eigenvalue weighted by Crippen LogP contribution is 2.23. The highest BCUT2D eigenvalue weighted by atomic mass is 16.5. The van der Waals surface area contributed by atoms with Gasteiger partial charge >= 0.3 is 11.8 Å². The van der Waals surface area contributed by atoms with Crippen molar-refractivity contribution < 1.29 is 19.1 Å². The monoisotopic (exact) mass is 396 g/mol. The molecule has 0 aliphatic rings. The second-order valence-corrected chi connectivity index (χ2v) is 6.22. The molecule has 2 aromatic rings. The number of hydrogen-bond acceptors (Lipinski definition) is 5. The molecule has 3 N–H and O–H groups in total. The fourth-order valence-corrected chi connectivity index (χ4v) is 2.42. The van der Waals surface area contributed by atoms with Gasteiger partial charge in [0.15, 0.2) is 0 Å². The lowest BCUT2D eigenvalue weighted by atomic mass is 10.1. The number of carbonyl (C=O) groups excluding carboxylic acids is 3. The van der Waals surface area contributed by atoms with E-state index in [9.17, 15) is 14.4 Å². The minimum absolute atomic E-state index is 0.0571. The molecular formula is C21H24N4O4. The Bertz CT molecular complexity index is 907. The van der Waals surface area contributed by atoms with Gasteiger partial charge in [-0.05, 0) is 43.2 Å². The first-order valence-electron chi connectivity index (χ1n) is 9.09. The molecule has 0 aliphatic heterocycles. The largest absolute Gasteiger partial charge is 0.495 e. The third kappa shape index (κ3) is 6.76. The number of hydrogen-bond donors (Lipinski definition) is 3. The maximum absolute atomic E-state index is 12.1. The van der Waals surface area contributed by atoms with Crippen LogP contribution in [0, 0.1) is 0 Å². The molecule has 0 aromatic heterocycles. The Hall–Kier alpha value is -3.68. The number of amides is 3. The van der Waals surface area contributed by atoms with E-state index in [-0.39, 0.29) is 12.3 Å². The van der Waals surface area contributed by atoms with Crippen LogP contribution >= 0.6 is 0 Å². The summed E-state index contributed by atoms with van der Waals surface area (Å²) < 4.78 is 5.17. The van der Waals surface area contributed by atoms with Crippen molar-refractivity contribution in [3.8, 4) is 5.75 Å². The van der Waals surface area contributed by atoms with Crippen LogP contribution in [-0.2, 0) is 20.8 Å². The van der Waals surface area contributed by atoms with Crippen LogP contribution in [-0.4, -0.2) is 30.5 Å². The molecule has 8 heteroatoms. The van der Waals surface area contributed by atoms with E-state index in [2.05, 4.69) is 21.2 Å². The molecule has 0 unspecified atom stereocenters. The minimum atomic E-state index is -0.922. The molecular weight excluding hydrogens is 372 g/mol. The summed E-state index contributed by atoms with van der Waals surface area (Å²) in [5, 5.41) is 9.00. The van der Waals surface area contributed by atoms with E-state index < -0.39 is 11.8 Å². The maximum atomic E-state index is 12.1. The molecule has 2 aromatic carbocycles. The number of hydrazone groups is 1. The quantitative estimate of drug-likeness (QED) is 0.380. The van der Waals surface area contributed by atoms with Crippen LogP contribution in [0.3, 0.4) is 0 Å². The smallest absolute Gasteiger partial charge is 0.329 e. The number of rotatable bonds is 7. The van der Waals surface area contributed by atoms with Crippen molar-refractivity contribution in [3.05, 3.63) is 54.1 Å². The standard InChI is InChI=1S/C21H24N4O4/c1-4-15-9-11-16(12-10-15)22-20(27)21(28)25-24-14(2)13-19(26)23-17-7-5-6-8-18(17)29-3/h5-12H,4,13H2,1-3H3,(H,22,27)(H,23,26)(H,25,28)/b24-14-. The first-order chi connectivity index (χ1) is 13.9. The third-order valence-electron chi connectivity index (χ3n) is 3.97. The van der Waals surface area contributed by atoms with Crippen molar-refractivity contribution in [2.45, 2.75) is 26.7 Å². The van der Waals surface area contributed by atoms with Crippen molar-refractivity contribution in [2.24, 2.45) is 5.10 Å². The lowest BCUT2D eigenvalue weighted by molar-refractivity contribution is -0.136. The first-order valence-corrected chi connectivity index (χ1v) is 9.09. The van der Waals surface area contributed by atoms with E-state index in [4.69, 9.17) is 4.74 Å². The second-order valence-electron chi connectivity index (χ2n) is 6.22. The van der Waals surface area contributed by atoms with Crippen molar-refractivity contribution in [2.75, 3.05) is 17.7 Å². The number of nitrogens with one attached hydrogen (secondary N) is 3. The Morgan fingerprint density at radius 2 is 1.66 bits per heavy atom. The molecule has 0 aliphatic carbocycles. The van der Waals surface area contributed by atoms with E-state index in [1.807, 2.05) is 19.1 Å². The Labute approximate surface area is 169 Å². The summed E-state index contributed by atoms with van der Waals surface area (Å²) in [6.07, 6.45) is 0.825. The Morgan fingerprint density at radius 3 is 2.31 bits per heavy atom. The zero-order valence-corrected chi connectivity index (χ0v) is 16.6. The molecule has 0 saturated carbocycles. The highest BCUT2D eigenvalue weighted by molar-refractivity contribution is 6.39. The summed E-state index contributed by atoms with van der Waals surface area (Å²) in [6.45, 7) is 3.60. The molecule has 0 spiro atoms. The van der Waals surface area contributed by atoms with Gasteiger partial charge in [-0.25, -0.2) is 5.43 Å². The van der Waals surface area contributed by atoms with Gasteiger partial charge in [-0.2, -0.15) is 5.10 Å². The van der Waals surface area contributed by atoms with E-state index >= 15 is 0 Å². The Kier molecular flexibility index (Phi) is 7.90. The zero-order chi connectivity index (χ0) is 21.2. The summed E-state index contributed by atoms with van der Waals surface area (Å²) >= 11 is 0. The van der Waals surface area contributed by atoms with Gasteiger partial charge in [0, 0.05) is 11.4 Å². The summed E-state index contributed by atoms with van der Waals surface area (Å²) in [4.78, 5) is 35.9. The zero-order valence-electron chi connectivity index (χ0n) is 16.6. The minimum Gasteiger partial charge on any atom is -0.495 e. The van der Waals surface area contributed by atoms with Crippen LogP contribution in [0.1, 0.15) is 25.8 Å². The lowest BCUT2D eigenvalue weighted by Crippen LogP contribution is -2.33. The maximum Gasteiger partial charge on any atom is 0.329 e. The van der Waals surface area contributed by atoms with Crippen LogP contribution < -0.4 is 20.8 Å². The van der Waals surface area contributed by atoms with Crippen LogP contribution in [0.25, 0.3) is 0 Å². The van der Waals surface area contributed by atoms with Crippen molar-refractivity contribution >= 4 is 34.8 Å². The van der Waals surface area contributed by atoms with Crippen LogP contribution in [0.5, 0.6) is 5.75 Å². The summed E-state index contributed by atoms with van der Waals surface area (Å²) in [7, 11) is 1.51. The number of benzene rings is 2. The fraction of sp³-hybridized carbons (Fsp3) is 0.238. The molecule has 29 heavy (non-hydrogen) atoms. The van der Waals surface area contributed by atoms with Gasteiger partial charge in [0.05, 0.1) is 19.2 Å². The highest BCUT2D eigenvalue weighted by Gasteiger charge is 2.14. The predicted octanol–water partition coefficient (Wildman–Crippen LogP) is 2.72. The molecule has 152 valence electrons. The van der Waals surface area contributed by atoms with E-state index in [1.165, 1.54) is 7.11 Å². The van der Waals surface area contributed by atoms with Crippen LogP contribution in [0.2, 0.25) is 0 Å². The molecule has 8 nitrogen and oxygen atoms in total. The molecule has 0 radical (unpaired) electrons. The van der Waals surface area contributed by atoms with Crippen molar-refractivity contribution in [3.63, 3.8) is 0 Å². The normalized spacial score (nSPS) is 10.8. The van der Waals surface area contributed by atoms with E-state index in [0.717, 1.165) is 12.0 Å². The molecule has 0 fully saturated rings. The molecule has 0 bridgehead atoms. The fourth-order valence-electron chi connectivity index (χ4n) is 2.42. The van der Waals surface area contributed by atoms with Crippen LogP contribution in [0.15, 0.2) is 53.6 Å². The second kappa shape index (κ2) is 10.6. The van der Waals surface area contributed by atoms with Gasteiger partial charge in [0.25, 0.3) is 0 Å². The summed E-state index contributed by atoms with van der Waals surface area (Å²) in [5.41, 5.74) is 4.66. The van der Waals surface area contributed by atoms with E-state index in [0.29, 0.717) is 22.8 Å². The van der Waals surface area contributed by atoms with Crippen LogP contribution in [0.4, 0.5) is 11.4 Å². The average molecular weight is 396 g/mol. The number of methoxy groups -OCH3 is 1. The summed E-state index contributed by atoms with van der Waals surface area (Å²) in [5.74, 6) is -1.56. The number of aryl methyl sites for hydroxylation is 1. The van der Waals surface area contributed by atoms with Gasteiger partial charge in [-0.15, -0.1) is 0 Å². The first kappa shape index (κ1) is 21.6. The number of anilines is 2. The van der Waals surface area contributed by atoms with Gasteiger partial charge in [-0.3, -0.25) is 14.4 Å². The predicted molar refractivity (Wildman–Crippen MR) is 112 cm³/mol. The SMILES string of the molecule is CCc1ccc(NC(=O)C(=O)N/N=C(/C)CC(=O)Nc2ccccc2OC)cc1. The van der Waals surface area contributed by atoms with Gasteiger partial charge in [0.2, 0.25) is 5.91 Å². The molecule has 0 heterocycles. The molecule has 0 atom stereocenters. The lowest BCUT2D eigenvalue weighted by Gasteiger charge is -2.09. The Morgan fingerprint density at radius 1 is 0.966 bits per heavy atom. The summed E-state index contributed by atoms with van der Waals surface area (Å²) in [6, 6.07) is 14.2. The number of ether oxygens (including phenoxy) is 1. The Balaban J connectivity index is 1.85.